The highest BCUT2D eigenvalue weighted by molar-refractivity contribution is 5.74. The number of para-hydroxylation sites is 1. The third-order valence-corrected chi connectivity index (χ3v) is 4.18. The van der Waals surface area contributed by atoms with E-state index in [4.69, 9.17) is 0 Å². The van der Waals surface area contributed by atoms with Gasteiger partial charge in [0.2, 0.25) is 0 Å². The van der Waals surface area contributed by atoms with E-state index < -0.39 is 11.7 Å². The molecule has 8 heteroatoms. The van der Waals surface area contributed by atoms with Gasteiger partial charge < -0.3 is 20.0 Å². The van der Waals surface area contributed by atoms with Crippen LogP contribution in [0.1, 0.15) is 12.0 Å². The van der Waals surface area contributed by atoms with Gasteiger partial charge in [0.25, 0.3) is 0 Å². The molecule has 1 aliphatic heterocycles. The highest BCUT2D eigenvalue weighted by Crippen LogP contribution is 2.36. The summed E-state index contributed by atoms with van der Waals surface area (Å²) in [6.07, 6.45) is -3.52. The molecule has 1 aromatic rings. The number of carbonyl (C=O) groups is 1. The molecule has 0 atom stereocenters. The molecule has 2 amide bonds. The normalized spacial score (nSPS) is 15.6. The fraction of sp³-hybridized carbons (Fsp3) is 0.588. The number of alkyl halides is 3. The maximum atomic E-state index is 13.1. The minimum atomic E-state index is -4.38. The van der Waals surface area contributed by atoms with Gasteiger partial charge >= 0.3 is 12.2 Å². The molecule has 0 spiro atoms. The molecule has 0 aliphatic carbocycles. The Bertz CT molecular complexity index is 569. The van der Waals surface area contributed by atoms with E-state index in [-0.39, 0.29) is 11.7 Å². The van der Waals surface area contributed by atoms with Crippen molar-refractivity contribution in [3.05, 3.63) is 29.8 Å². The van der Waals surface area contributed by atoms with Crippen LogP contribution in [0.25, 0.3) is 0 Å². The molecule has 1 aromatic carbocycles. The molecule has 0 radical (unpaired) electrons. The maximum Gasteiger partial charge on any atom is 0.418 e. The van der Waals surface area contributed by atoms with Crippen LogP contribution in [0, 0.1) is 0 Å². The van der Waals surface area contributed by atoms with Gasteiger partial charge in [0.1, 0.15) is 0 Å². The molecule has 2 rings (SSSR count). The van der Waals surface area contributed by atoms with Crippen molar-refractivity contribution in [2.24, 2.45) is 0 Å². The molecule has 5 nitrogen and oxygen atoms in total. The van der Waals surface area contributed by atoms with Crippen molar-refractivity contribution < 1.29 is 18.0 Å². The molecule has 140 valence electrons. The minimum Gasteiger partial charge on any atom is -0.367 e. The van der Waals surface area contributed by atoms with E-state index in [1.54, 1.807) is 15.9 Å². The topological polar surface area (TPSA) is 38.8 Å². The van der Waals surface area contributed by atoms with E-state index >= 15 is 0 Å². The van der Waals surface area contributed by atoms with Crippen molar-refractivity contribution in [1.29, 1.82) is 0 Å². The lowest BCUT2D eigenvalue weighted by Crippen LogP contribution is -2.52. The van der Waals surface area contributed by atoms with E-state index in [9.17, 15) is 18.0 Å². The van der Waals surface area contributed by atoms with Gasteiger partial charge in [-0.2, -0.15) is 13.2 Å². The first-order valence-corrected chi connectivity index (χ1v) is 8.37. The first-order valence-electron chi connectivity index (χ1n) is 8.37. The summed E-state index contributed by atoms with van der Waals surface area (Å²) in [4.78, 5) is 17.5. The summed E-state index contributed by atoms with van der Waals surface area (Å²) < 4.78 is 39.4. The molecule has 25 heavy (non-hydrogen) atoms. The Balaban J connectivity index is 1.87. The zero-order valence-corrected chi connectivity index (χ0v) is 14.6. The van der Waals surface area contributed by atoms with Crippen LogP contribution in [-0.4, -0.2) is 69.2 Å². The second-order valence-corrected chi connectivity index (χ2v) is 6.38. The first-order chi connectivity index (χ1) is 11.8. The molecule has 1 aliphatic rings. The molecule has 0 saturated carbocycles. The lowest BCUT2D eigenvalue weighted by Gasteiger charge is -2.37. The third-order valence-electron chi connectivity index (χ3n) is 4.18. The number of benzene rings is 1. The molecule has 0 bridgehead atoms. The summed E-state index contributed by atoms with van der Waals surface area (Å²) in [5.41, 5.74) is -0.447. The number of carbonyl (C=O) groups excluding carboxylic acids is 1. The Labute approximate surface area is 146 Å². The van der Waals surface area contributed by atoms with E-state index in [0.717, 1.165) is 19.0 Å². The zero-order valence-electron chi connectivity index (χ0n) is 14.6. The molecule has 0 aromatic heterocycles. The van der Waals surface area contributed by atoms with Crippen molar-refractivity contribution in [2.45, 2.75) is 12.6 Å². The smallest absolute Gasteiger partial charge is 0.367 e. The summed E-state index contributed by atoms with van der Waals surface area (Å²) in [7, 11) is 3.94. The summed E-state index contributed by atoms with van der Waals surface area (Å²) in [6.45, 7) is 3.07. The Kier molecular flexibility index (Phi) is 6.52. The Hall–Kier alpha value is -1.96. The molecule has 1 fully saturated rings. The molecular formula is C17H25F3N4O. The second kappa shape index (κ2) is 8.42. The largest absolute Gasteiger partial charge is 0.418 e. The van der Waals surface area contributed by atoms with Crippen LogP contribution in [-0.2, 0) is 6.18 Å². The van der Waals surface area contributed by atoms with Crippen LogP contribution in [0.4, 0.5) is 23.7 Å². The zero-order chi connectivity index (χ0) is 18.4. The van der Waals surface area contributed by atoms with E-state index in [1.165, 1.54) is 12.1 Å². The monoisotopic (exact) mass is 358 g/mol. The summed E-state index contributed by atoms with van der Waals surface area (Å²) >= 11 is 0. The number of rotatable bonds is 5. The lowest BCUT2D eigenvalue weighted by molar-refractivity contribution is -0.137. The van der Waals surface area contributed by atoms with Crippen LogP contribution in [0.5, 0.6) is 0 Å². The molecule has 1 saturated heterocycles. The van der Waals surface area contributed by atoms with Gasteiger partial charge in [-0.1, -0.05) is 12.1 Å². The number of piperazine rings is 1. The van der Waals surface area contributed by atoms with E-state index in [0.29, 0.717) is 32.7 Å². The number of hydrogen-bond acceptors (Lipinski definition) is 3. The fourth-order valence-electron chi connectivity index (χ4n) is 2.84. The number of halogens is 3. The standard InChI is InChI=1S/C17H25F3N4O/c1-22(2)9-5-8-21-16(25)24-12-10-23(11-13-24)15-7-4-3-6-14(15)17(18,19)20/h3-4,6-7H,5,8-13H2,1-2H3,(H,21,25). The number of amides is 2. The van der Waals surface area contributed by atoms with Crippen LogP contribution in [0.15, 0.2) is 24.3 Å². The fourth-order valence-corrected chi connectivity index (χ4v) is 2.84. The number of hydrogen-bond donors (Lipinski definition) is 1. The average molecular weight is 358 g/mol. The van der Waals surface area contributed by atoms with Crippen LogP contribution < -0.4 is 10.2 Å². The molecular weight excluding hydrogens is 333 g/mol. The lowest BCUT2D eigenvalue weighted by atomic mass is 10.1. The Morgan fingerprint density at radius 3 is 2.40 bits per heavy atom. The average Bonchev–Trinajstić information content (AvgIpc) is 2.58. The van der Waals surface area contributed by atoms with Gasteiger partial charge in [-0.15, -0.1) is 0 Å². The molecule has 1 heterocycles. The summed E-state index contributed by atoms with van der Waals surface area (Å²) in [5, 5.41) is 2.86. The van der Waals surface area contributed by atoms with Crippen LogP contribution >= 0.6 is 0 Å². The van der Waals surface area contributed by atoms with Crippen molar-refractivity contribution in [2.75, 3.05) is 58.3 Å². The highest BCUT2D eigenvalue weighted by atomic mass is 19.4. The minimum absolute atomic E-state index is 0.150. The first kappa shape index (κ1) is 19.4. The highest BCUT2D eigenvalue weighted by Gasteiger charge is 2.35. The SMILES string of the molecule is CN(C)CCCNC(=O)N1CCN(c2ccccc2C(F)(F)F)CC1. The van der Waals surface area contributed by atoms with Gasteiger partial charge in [0.05, 0.1) is 5.56 Å². The van der Waals surface area contributed by atoms with E-state index in [1.807, 2.05) is 19.0 Å². The van der Waals surface area contributed by atoms with Gasteiger partial charge in [-0.05, 0) is 39.2 Å². The third kappa shape index (κ3) is 5.52. The van der Waals surface area contributed by atoms with E-state index in [2.05, 4.69) is 5.32 Å². The predicted octanol–water partition coefficient (Wildman–Crippen LogP) is 2.49. The second-order valence-electron chi connectivity index (χ2n) is 6.38. The number of anilines is 1. The van der Waals surface area contributed by atoms with Gasteiger partial charge in [-0.25, -0.2) is 4.79 Å². The Morgan fingerprint density at radius 1 is 1.16 bits per heavy atom. The molecule has 0 unspecified atom stereocenters. The number of urea groups is 1. The quantitative estimate of drug-likeness (QED) is 0.822. The maximum absolute atomic E-state index is 13.1. The summed E-state index contributed by atoms with van der Waals surface area (Å²) in [6, 6.07) is 5.43. The van der Waals surface area contributed by atoms with Crippen LogP contribution in [0.2, 0.25) is 0 Å². The van der Waals surface area contributed by atoms with Gasteiger partial charge in [-0.3, -0.25) is 0 Å². The van der Waals surface area contributed by atoms with Crippen molar-refractivity contribution in [3.63, 3.8) is 0 Å². The van der Waals surface area contributed by atoms with Crippen molar-refractivity contribution in [3.8, 4) is 0 Å². The van der Waals surface area contributed by atoms with Crippen LogP contribution in [0.3, 0.4) is 0 Å². The van der Waals surface area contributed by atoms with Crippen molar-refractivity contribution in [1.82, 2.24) is 15.1 Å². The number of nitrogens with one attached hydrogen (secondary N) is 1. The molecule has 1 N–H and O–H groups in total. The van der Waals surface area contributed by atoms with Crippen molar-refractivity contribution >= 4 is 11.7 Å². The number of nitrogens with zero attached hydrogens (tertiary/aromatic N) is 3. The summed E-state index contributed by atoms with van der Waals surface area (Å²) in [5.74, 6) is 0. The van der Waals surface area contributed by atoms with Gasteiger partial charge in [0, 0.05) is 38.4 Å². The van der Waals surface area contributed by atoms with Gasteiger partial charge in [0.15, 0.2) is 0 Å². The predicted molar refractivity (Wildman–Crippen MR) is 91.8 cm³/mol. The Morgan fingerprint density at radius 2 is 1.80 bits per heavy atom.